The highest BCUT2D eigenvalue weighted by Gasteiger charge is 2.08. The topological polar surface area (TPSA) is 43.8 Å². The summed E-state index contributed by atoms with van der Waals surface area (Å²) in [6.45, 7) is 0.886. The molecule has 0 fully saturated rings. The normalized spacial score (nSPS) is 10.9. The van der Waals surface area contributed by atoms with E-state index in [4.69, 9.17) is 5.73 Å². The first kappa shape index (κ1) is 8.13. The lowest BCUT2D eigenvalue weighted by Gasteiger charge is -1.94. The van der Waals surface area contributed by atoms with E-state index in [1.54, 1.807) is 0 Å². The number of halogens is 2. The molecule has 0 amide bonds. The van der Waals surface area contributed by atoms with Gasteiger partial charge < -0.3 is 5.73 Å². The smallest absolute Gasteiger partial charge is 0.266 e. The van der Waals surface area contributed by atoms with Gasteiger partial charge in [-0.3, -0.25) is 4.68 Å². The van der Waals surface area contributed by atoms with Gasteiger partial charge in [-0.1, -0.05) is 0 Å². The van der Waals surface area contributed by atoms with Crippen molar-refractivity contribution in [2.45, 2.75) is 13.0 Å². The molecule has 0 unspecified atom stereocenters. The van der Waals surface area contributed by atoms with Crippen molar-refractivity contribution >= 4 is 0 Å². The maximum absolute atomic E-state index is 11.9. The third-order valence-corrected chi connectivity index (χ3v) is 1.26. The van der Waals surface area contributed by atoms with Gasteiger partial charge in [0.2, 0.25) is 0 Å². The Morgan fingerprint density at radius 2 is 2.36 bits per heavy atom. The predicted molar refractivity (Wildman–Crippen MR) is 36.2 cm³/mol. The van der Waals surface area contributed by atoms with Gasteiger partial charge >= 0.3 is 0 Å². The van der Waals surface area contributed by atoms with Crippen molar-refractivity contribution < 1.29 is 8.78 Å². The van der Waals surface area contributed by atoms with E-state index in [1.165, 1.54) is 10.9 Å². The number of hydrogen-bond acceptors (Lipinski definition) is 2. The van der Waals surface area contributed by atoms with E-state index in [2.05, 4.69) is 5.10 Å². The number of hydrogen-bond donors (Lipinski definition) is 1. The Bertz CT molecular complexity index is 221. The number of nitrogens with two attached hydrogens (primary N) is 1. The molecule has 62 valence electrons. The summed E-state index contributed by atoms with van der Waals surface area (Å²) in [7, 11) is 0. The van der Waals surface area contributed by atoms with Crippen LogP contribution >= 0.6 is 0 Å². The fraction of sp³-hybridized carbons (Fsp3) is 0.500. The molecule has 1 rings (SSSR count). The van der Waals surface area contributed by atoms with Gasteiger partial charge in [-0.2, -0.15) is 5.10 Å². The summed E-state index contributed by atoms with van der Waals surface area (Å²) in [4.78, 5) is 0. The van der Waals surface area contributed by atoms with E-state index in [9.17, 15) is 8.78 Å². The molecule has 2 N–H and O–H groups in total. The van der Waals surface area contributed by atoms with Gasteiger partial charge in [0.15, 0.2) is 0 Å². The van der Waals surface area contributed by atoms with Gasteiger partial charge in [0.25, 0.3) is 6.43 Å². The van der Waals surface area contributed by atoms with Crippen LogP contribution < -0.4 is 5.73 Å². The minimum Gasteiger partial charge on any atom is -0.329 e. The highest BCUT2D eigenvalue weighted by atomic mass is 19.3. The van der Waals surface area contributed by atoms with E-state index in [1.807, 2.05) is 0 Å². The van der Waals surface area contributed by atoms with Crippen LogP contribution in [0, 0.1) is 0 Å². The van der Waals surface area contributed by atoms with E-state index < -0.39 is 6.43 Å². The predicted octanol–water partition coefficient (Wildman–Crippen LogP) is 0.779. The number of nitrogens with zero attached hydrogens (tertiary/aromatic N) is 2. The molecule has 0 saturated carbocycles. The second-order valence-electron chi connectivity index (χ2n) is 2.13. The summed E-state index contributed by atoms with van der Waals surface area (Å²) in [6, 6.07) is 0. The van der Waals surface area contributed by atoms with E-state index in [-0.39, 0.29) is 5.56 Å². The maximum atomic E-state index is 11.9. The first-order valence-electron chi connectivity index (χ1n) is 3.24. The van der Waals surface area contributed by atoms with Crippen LogP contribution in [0.4, 0.5) is 8.78 Å². The number of rotatable bonds is 3. The molecule has 0 spiro atoms. The molecule has 1 aromatic rings. The molecule has 1 heterocycles. The average molecular weight is 161 g/mol. The first-order valence-corrected chi connectivity index (χ1v) is 3.24. The van der Waals surface area contributed by atoms with Gasteiger partial charge in [0.05, 0.1) is 18.3 Å². The Morgan fingerprint density at radius 1 is 1.64 bits per heavy atom. The van der Waals surface area contributed by atoms with Gasteiger partial charge in [-0.05, 0) is 0 Å². The summed E-state index contributed by atoms with van der Waals surface area (Å²) in [6.07, 6.45) is 0.0132. The van der Waals surface area contributed by atoms with Crippen molar-refractivity contribution in [2.75, 3.05) is 6.54 Å². The lowest BCUT2D eigenvalue weighted by molar-refractivity contribution is 0.151. The zero-order valence-electron chi connectivity index (χ0n) is 5.87. The summed E-state index contributed by atoms with van der Waals surface area (Å²) in [5.41, 5.74) is 5.14. The van der Waals surface area contributed by atoms with Gasteiger partial charge in [-0.15, -0.1) is 0 Å². The highest BCUT2D eigenvalue weighted by Crippen LogP contribution is 2.16. The molecule has 0 bridgehead atoms. The van der Waals surface area contributed by atoms with Crippen molar-refractivity contribution in [1.29, 1.82) is 0 Å². The highest BCUT2D eigenvalue weighted by molar-refractivity contribution is 5.04. The third-order valence-electron chi connectivity index (χ3n) is 1.26. The lowest BCUT2D eigenvalue weighted by atomic mass is 10.4. The van der Waals surface area contributed by atoms with E-state index in [0.29, 0.717) is 13.1 Å². The van der Waals surface area contributed by atoms with Crippen molar-refractivity contribution in [3.05, 3.63) is 18.0 Å². The zero-order chi connectivity index (χ0) is 8.27. The Morgan fingerprint density at radius 3 is 2.82 bits per heavy atom. The van der Waals surface area contributed by atoms with E-state index >= 15 is 0 Å². The molecule has 0 aliphatic rings. The van der Waals surface area contributed by atoms with Crippen LogP contribution in [0.5, 0.6) is 0 Å². The SMILES string of the molecule is NCCn1cc(C(F)F)cn1. The van der Waals surface area contributed by atoms with Crippen LogP contribution in [0.3, 0.4) is 0 Å². The largest absolute Gasteiger partial charge is 0.329 e. The molecular formula is C6H9F2N3. The summed E-state index contributed by atoms with van der Waals surface area (Å²) in [5.74, 6) is 0. The fourth-order valence-electron chi connectivity index (χ4n) is 0.747. The number of aromatic nitrogens is 2. The fourth-order valence-corrected chi connectivity index (χ4v) is 0.747. The lowest BCUT2D eigenvalue weighted by Crippen LogP contribution is -2.09. The van der Waals surface area contributed by atoms with Crippen molar-refractivity contribution in [3.63, 3.8) is 0 Å². The van der Waals surface area contributed by atoms with Crippen LogP contribution in [0.15, 0.2) is 12.4 Å². The molecule has 5 heteroatoms. The Hall–Kier alpha value is -0.970. The molecule has 0 aliphatic heterocycles. The van der Waals surface area contributed by atoms with Crippen LogP contribution in [0.25, 0.3) is 0 Å². The Balaban J connectivity index is 2.66. The standard InChI is InChI=1S/C6H9F2N3/c7-6(8)5-3-10-11(4-5)2-1-9/h3-4,6H,1-2,9H2. The molecule has 3 nitrogen and oxygen atoms in total. The number of alkyl halides is 2. The van der Waals surface area contributed by atoms with Crippen molar-refractivity contribution in [3.8, 4) is 0 Å². The zero-order valence-corrected chi connectivity index (χ0v) is 5.87. The molecule has 0 aliphatic carbocycles. The van der Waals surface area contributed by atoms with Gasteiger partial charge in [-0.25, -0.2) is 8.78 Å². The minimum atomic E-state index is -2.44. The van der Waals surface area contributed by atoms with Crippen molar-refractivity contribution in [2.24, 2.45) is 5.73 Å². The van der Waals surface area contributed by atoms with Crippen LogP contribution in [-0.2, 0) is 6.54 Å². The minimum absolute atomic E-state index is 0.0570. The van der Waals surface area contributed by atoms with E-state index in [0.717, 1.165) is 6.20 Å². The van der Waals surface area contributed by atoms with Crippen LogP contribution in [-0.4, -0.2) is 16.3 Å². The molecule has 0 saturated heterocycles. The molecule has 0 atom stereocenters. The van der Waals surface area contributed by atoms with Gasteiger partial charge in [0.1, 0.15) is 0 Å². The maximum Gasteiger partial charge on any atom is 0.266 e. The molecule has 1 aromatic heterocycles. The third kappa shape index (κ3) is 1.98. The van der Waals surface area contributed by atoms with Crippen LogP contribution in [0.1, 0.15) is 12.0 Å². The Kier molecular flexibility index (Phi) is 2.53. The molecule has 0 aromatic carbocycles. The average Bonchev–Trinajstić information content (AvgIpc) is 2.37. The quantitative estimate of drug-likeness (QED) is 0.711. The second kappa shape index (κ2) is 3.43. The first-order chi connectivity index (χ1) is 5.24. The Labute approximate surface area is 62.8 Å². The molecule has 0 radical (unpaired) electrons. The second-order valence-corrected chi connectivity index (χ2v) is 2.13. The van der Waals surface area contributed by atoms with Crippen molar-refractivity contribution in [1.82, 2.24) is 9.78 Å². The molecular weight excluding hydrogens is 152 g/mol. The van der Waals surface area contributed by atoms with Gasteiger partial charge in [0, 0.05) is 12.7 Å². The van der Waals surface area contributed by atoms with Crippen LogP contribution in [0.2, 0.25) is 0 Å². The summed E-state index contributed by atoms with van der Waals surface area (Å²) in [5, 5.41) is 3.68. The summed E-state index contributed by atoms with van der Waals surface area (Å²) >= 11 is 0. The molecule has 11 heavy (non-hydrogen) atoms. The summed E-state index contributed by atoms with van der Waals surface area (Å²) < 4.78 is 25.3. The monoisotopic (exact) mass is 161 g/mol.